The number of morpholine rings is 1. The molecule has 0 aromatic heterocycles. The molecule has 2 aromatic rings. The molecular weight excluding hydrogens is 436 g/mol. The van der Waals surface area contributed by atoms with E-state index in [0.717, 1.165) is 0 Å². The van der Waals surface area contributed by atoms with Gasteiger partial charge in [0.1, 0.15) is 16.9 Å². The summed E-state index contributed by atoms with van der Waals surface area (Å²) in [4.78, 5) is 14.2. The maximum absolute atomic E-state index is 13.7. The molecule has 0 saturated carbocycles. The summed E-state index contributed by atoms with van der Waals surface area (Å²) < 4.78 is 38.5. The Balaban J connectivity index is 1.94. The van der Waals surface area contributed by atoms with E-state index in [2.05, 4.69) is 12.6 Å². The number of thiol groups is 1. The summed E-state index contributed by atoms with van der Waals surface area (Å²) in [7, 11) is -3.92. The number of ether oxygens (including phenoxy) is 2. The van der Waals surface area contributed by atoms with Gasteiger partial charge in [0.2, 0.25) is 5.91 Å². The smallest absolute Gasteiger partial charge is 0.224 e. The minimum atomic E-state index is -3.92. The number of primary amides is 1. The molecule has 3 unspecified atom stereocenters. The first kappa shape index (κ1) is 23.6. The normalized spacial score (nSPS) is 18.1. The van der Waals surface area contributed by atoms with Crippen molar-refractivity contribution in [3.05, 3.63) is 54.6 Å². The molecule has 3 rings (SSSR count). The Morgan fingerprint density at radius 2 is 1.68 bits per heavy atom. The lowest BCUT2D eigenvalue weighted by atomic mass is 10.0. The molecule has 1 aliphatic rings. The van der Waals surface area contributed by atoms with E-state index in [4.69, 9.17) is 15.2 Å². The van der Waals surface area contributed by atoms with Gasteiger partial charge in [-0.05, 0) is 42.8 Å². The Hall–Kier alpha value is -2.07. The lowest BCUT2D eigenvalue weighted by Gasteiger charge is -2.39. The van der Waals surface area contributed by atoms with E-state index in [0.29, 0.717) is 44.2 Å². The second kappa shape index (κ2) is 10.5. The Kier molecular flexibility index (Phi) is 7.99. The van der Waals surface area contributed by atoms with Gasteiger partial charge in [-0.1, -0.05) is 25.1 Å². The molecule has 1 amide bonds. The summed E-state index contributed by atoms with van der Waals surface area (Å²) >= 11 is 4.50. The average molecular weight is 465 g/mol. The van der Waals surface area contributed by atoms with Gasteiger partial charge in [0, 0.05) is 18.3 Å². The molecule has 1 saturated heterocycles. The van der Waals surface area contributed by atoms with Crippen molar-refractivity contribution < 1.29 is 22.7 Å². The first-order chi connectivity index (χ1) is 14.8. The SMILES string of the molecule is CCC(S)C(C(N)=O)C(N1CCOCC1)S(=O)(=O)c1ccc(Oc2ccccc2)cc1. The van der Waals surface area contributed by atoms with Gasteiger partial charge in [-0.15, -0.1) is 0 Å². The highest BCUT2D eigenvalue weighted by atomic mass is 32.2. The molecule has 0 spiro atoms. The number of carbonyl (C=O) groups excluding carboxylic acids is 1. The molecule has 2 N–H and O–H groups in total. The van der Waals surface area contributed by atoms with Crippen LogP contribution < -0.4 is 10.5 Å². The lowest BCUT2D eigenvalue weighted by Crippen LogP contribution is -2.56. The van der Waals surface area contributed by atoms with Crippen molar-refractivity contribution in [3.8, 4) is 11.5 Å². The molecule has 31 heavy (non-hydrogen) atoms. The predicted octanol–water partition coefficient (Wildman–Crippen LogP) is 2.72. The quantitative estimate of drug-likeness (QED) is 0.554. The summed E-state index contributed by atoms with van der Waals surface area (Å²) in [6, 6.07) is 15.4. The Bertz CT molecular complexity index is 961. The molecule has 1 aliphatic heterocycles. The molecule has 0 bridgehead atoms. The van der Waals surface area contributed by atoms with Crippen molar-refractivity contribution in [1.29, 1.82) is 0 Å². The van der Waals surface area contributed by atoms with Crippen LogP contribution in [0.1, 0.15) is 13.3 Å². The number of amides is 1. The lowest BCUT2D eigenvalue weighted by molar-refractivity contribution is -0.123. The van der Waals surface area contributed by atoms with Gasteiger partial charge in [0.25, 0.3) is 0 Å². The standard InChI is InChI=1S/C22H28N2O5S2/c1-2-19(30)20(21(23)25)22(24-12-14-28-15-13-24)31(26,27)18-10-8-17(9-11-18)29-16-6-4-3-5-7-16/h3-11,19-20,22,30H,2,12-15H2,1H3,(H2,23,25). The van der Waals surface area contributed by atoms with Gasteiger partial charge in [-0.25, -0.2) is 8.42 Å². The number of nitrogens with zero attached hydrogens (tertiary/aromatic N) is 1. The fraction of sp³-hybridized carbons (Fsp3) is 0.409. The molecule has 0 aliphatic carbocycles. The molecule has 0 radical (unpaired) electrons. The van der Waals surface area contributed by atoms with Crippen LogP contribution in [0.25, 0.3) is 0 Å². The van der Waals surface area contributed by atoms with Crippen LogP contribution in [-0.2, 0) is 19.4 Å². The molecular formula is C22H28N2O5S2. The third kappa shape index (κ3) is 5.60. The van der Waals surface area contributed by atoms with Crippen molar-refractivity contribution >= 4 is 28.4 Å². The van der Waals surface area contributed by atoms with Gasteiger partial charge in [-0.3, -0.25) is 9.69 Å². The zero-order valence-corrected chi connectivity index (χ0v) is 19.1. The van der Waals surface area contributed by atoms with E-state index < -0.39 is 32.3 Å². The van der Waals surface area contributed by atoms with E-state index in [1.54, 1.807) is 17.0 Å². The predicted molar refractivity (Wildman–Crippen MR) is 122 cm³/mol. The summed E-state index contributed by atoms with van der Waals surface area (Å²) in [6.07, 6.45) is 0.511. The highest BCUT2D eigenvalue weighted by molar-refractivity contribution is 7.92. The number of benzene rings is 2. The molecule has 168 valence electrons. The molecule has 1 fully saturated rings. The first-order valence-corrected chi connectivity index (χ1v) is 12.3. The van der Waals surface area contributed by atoms with E-state index in [-0.39, 0.29) is 4.90 Å². The number of carbonyl (C=O) groups is 1. The Morgan fingerprint density at radius 1 is 1.10 bits per heavy atom. The number of hydrogen-bond acceptors (Lipinski definition) is 7. The van der Waals surface area contributed by atoms with Crippen LogP contribution in [0.5, 0.6) is 11.5 Å². The second-order valence-corrected chi connectivity index (χ2v) is 10.1. The summed E-state index contributed by atoms with van der Waals surface area (Å²) in [5.74, 6) is -0.471. The van der Waals surface area contributed by atoms with Crippen molar-refractivity contribution in [1.82, 2.24) is 4.90 Å². The second-order valence-electron chi connectivity index (χ2n) is 7.37. The van der Waals surface area contributed by atoms with Crippen molar-refractivity contribution in [3.63, 3.8) is 0 Å². The van der Waals surface area contributed by atoms with Crippen LogP contribution in [0.15, 0.2) is 59.5 Å². The van der Waals surface area contributed by atoms with Crippen molar-refractivity contribution in [2.45, 2.75) is 28.9 Å². The average Bonchev–Trinajstić information content (AvgIpc) is 2.78. The maximum Gasteiger partial charge on any atom is 0.224 e. The van der Waals surface area contributed by atoms with Crippen LogP contribution in [0, 0.1) is 5.92 Å². The van der Waals surface area contributed by atoms with E-state index in [1.807, 2.05) is 37.3 Å². The number of nitrogens with two attached hydrogens (primary N) is 1. The first-order valence-electron chi connectivity index (χ1n) is 10.2. The zero-order chi connectivity index (χ0) is 22.4. The van der Waals surface area contributed by atoms with Gasteiger partial charge < -0.3 is 15.2 Å². The molecule has 7 nitrogen and oxygen atoms in total. The van der Waals surface area contributed by atoms with Crippen molar-refractivity contribution in [2.24, 2.45) is 11.7 Å². The summed E-state index contributed by atoms with van der Waals surface area (Å²) in [6.45, 7) is 3.43. The molecule has 1 heterocycles. The molecule has 9 heteroatoms. The number of hydrogen-bond donors (Lipinski definition) is 2. The minimum Gasteiger partial charge on any atom is -0.457 e. The number of rotatable bonds is 9. The van der Waals surface area contributed by atoms with Gasteiger partial charge in [0.15, 0.2) is 9.84 Å². The summed E-state index contributed by atoms with van der Waals surface area (Å²) in [5, 5.41) is -1.60. The Labute approximate surface area is 188 Å². The monoisotopic (exact) mass is 464 g/mol. The topological polar surface area (TPSA) is 98.9 Å². The molecule has 2 aromatic carbocycles. The largest absolute Gasteiger partial charge is 0.457 e. The van der Waals surface area contributed by atoms with Crippen LogP contribution in [0.2, 0.25) is 0 Å². The van der Waals surface area contributed by atoms with Crippen LogP contribution >= 0.6 is 12.6 Å². The summed E-state index contributed by atoms with van der Waals surface area (Å²) in [5.41, 5.74) is 5.68. The van der Waals surface area contributed by atoms with E-state index in [1.165, 1.54) is 12.1 Å². The Morgan fingerprint density at radius 3 is 2.23 bits per heavy atom. The minimum absolute atomic E-state index is 0.104. The fourth-order valence-electron chi connectivity index (χ4n) is 3.68. The van der Waals surface area contributed by atoms with E-state index >= 15 is 0 Å². The van der Waals surface area contributed by atoms with Gasteiger partial charge >= 0.3 is 0 Å². The van der Waals surface area contributed by atoms with Gasteiger partial charge in [0.05, 0.1) is 24.0 Å². The highest BCUT2D eigenvalue weighted by Crippen LogP contribution is 2.32. The third-order valence-corrected chi connectivity index (χ3v) is 8.17. The third-order valence-electron chi connectivity index (χ3n) is 5.32. The van der Waals surface area contributed by atoms with Crippen LogP contribution in [0.3, 0.4) is 0 Å². The van der Waals surface area contributed by atoms with Crippen LogP contribution in [-0.4, -0.2) is 56.2 Å². The number of sulfone groups is 1. The zero-order valence-electron chi connectivity index (χ0n) is 17.4. The van der Waals surface area contributed by atoms with Crippen LogP contribution in [0.4, 0.5) is 0 Å². The maximum atomic E-state index is 13.7. The van der Waals surface area contributed by atoms with Crippen molar-refractivity contribution in [2.75, 3.05) is 26.3 Å². The number of para-hydroxylation sites is 1. The fourth-order valence-corrected chi connectivity index (χ4v) is 6.22. The highest BCUT2D eigenvalue weighted by Gasteiger charge is 2.45. The van der Waals surface area contributed by atoms with Gasteiger partial charge in [-0.2, -0.15) is 12.6 Å². The van der Waals surface area contributed by atoms with E-state index in [9.17, 15) is 13.2 Å². The molecule has 3 atom stereocenters.